The molecule has 0 atom stereocenters. The molecule has 0 amide bonds. The van der Waals surface area contributed by atoms with Crippen LogP contribution in [0.25, 0.3) is 69.6 Å². The van der Waals surface area contributed by atoms with Crippen LogP contribution >= 0.6 is 11.3 Å². The smallest absolute Gasteiger partial charge is 0.0562 e. The highest BCUT2D eigenvalue weighted by Gasteiger charge is 2.21. The minimum absolute atomic E-state index is 1.12. The quantitative estimate of drug-likeness (QED) is 0.181. The summed E-state index contributed by atoms with van der Waals surface area (Å²) < 4.78 is 5.07. The second-order valence-electron chi connectivity index (χ2n) is 12.6. The number of para-hydroxylation sites is 2. The molecule has 0 aliphatic heterocycles. The van der Waals surface area contributed by atoms with Gasteiger partial charge in [-0.1, -0.05) is 121 Å². The van der Waals surface area contributed by atoms with E-state index in [1.807, 2.05) is 11.3 Å². The largest absolute Gasteiger partial charge is 0.310 e. The average molecular weight is 643 g/mol. The van der Waals surface area contributed by atoms with Crippen molar-refractivity contribution in [2.75, 3.05) is 4.90 Å². The number of rotatable bonds is 5. The highest BCUT2D eigenvalue weighted by molar-refractivity contribution is 7.26. The summed E-state index contributed by atoms with van der Waals surface area (Å²) >= 11 is 1.89. The molecule has 230 valence electrons. The summed E-state index contributed by atoms with van der Waals surface area (Å²) in [6.45, 7) is 0. The van der Waals surface area contributed by atoms with Gasteiger partial charge in [-0.25, -0.2) is 0 Å². The monoisotopic (exact) mass is 642 g/mol. The standard InChI is InChI=1S/C46H30N2S/c1-3-12-31(13-4-1)32-22-25-35(26-23-32)47(36-27-29-37-33(30-36)24-28-39-38-16-8-10-21-44(38)49-46(37)39)42-19-11-20-43-45(42)40-17-7-9-18-41(40)48(43)34-14-5-2-6-15-34/h1-30H. The number of nitrogens with zero attached hydrogens (tertiary/aromatic N) is 2. The van der Waals surface area contributed by atoms with E-state index in [0.717, 1.165) is 22.7 Å². The van der Waals surface area contributed by atoms with Gasteiger partial charge < -0.3 is 9.47 Å². The maximum Gasteiger partial charge on any atom is 0.0562 e. The van der Waals surface area contributed by atoms with E-state index in [9.17, 15) is 0 Å². The molecule has 2 heterocycles. The lowest BCUT2D eigenvalue weighted by atomic mass is 10.0. The van der Waals surface area contributed by atoms with Crippen molar-refractivity contribution in [3.63, 3.8) is 0 Å². The summed E-state index contributed by atoms with van der Waals surface area (Å²) in [7, 11) is 0. The molecule has 0 aliphatic rings. The molecule has 0 spiro atoms. The van der Waals surface area contributed by atoms with Gasteiger partial charge in [-0.05, 0) is 82.6 Å². The van der Waals surface area contributed by atoms with Crippen molar-refractivity contribution in [3.8, 4) is 16.8 Å². The summed E-state index contributed by atoms with van der Waals surface area (Å²) in [5.74, 6) is 0. The molecule has 2 aromatic heterocycles. The van der Waals surface area contributed by atoms with Gasteiger partial charge in [0.15, 0.2) is 0 Å². The maximum absolute atomic E-state index is 2.44. The molecule has 49 heavy (non-hydrogen) atoms. The van der Waals surface area contributed by atoms with E-state index >= 15 is 0 Å². The van der Waals surface area contributed by atoms with Crippen molar-refractivity contribution >= 4 is 81.1 Å². The number of fused-ring (bicyclic) bond motifs is 8. The van der Waals surface area contributed by atoms with Gasteiger partial charge >= 0.3 is 0 Å². The Morgan fingerprint density at radius 1 is 0.429 bits per heavy atom. The Balaban J connectivity index is 1.23. The first kappa shape index (κ1) is 27.9. The van der Waals surface area contributed by atoms with E-state index in [0.29, 0.717) is 0 Å². The molecular weight excluding hydrogens is 613 g/mol. The Labute approximate surface area is 288 Å². The fourth-order valence-electron chi connectivity index (χ4n) is 7.54. The van der Waals surface area contributed by atoms with E-state index in [-0.39, 0.29) is 0 Å². The Hall–Kier alpha value is -6.16. The minimum atomic E-state index is 1.12. The van der Waals surface area contributed by atoms with E-state index in [2.05, 4.69) is 191 Å². The van der Waals surface area contributed by atoms with Crippen LogP contribution in [0.1, 0.15) is 0 Å². The normalized spacial score (nSPS) is 11.7. The highest BCUT2D eigenvalue weighted by Crippen LogP contribution is 2.46. The van der Waals surface area contributed by atoms with Gasteiger partial charge in [-0.3, -0.25) is 0 Å². The van der Waals surface area contributed by atoms with Crippen molar-refractivity contribution in [2.45, 2.75) is 0 Å². The van der Waals surface area contributed by atoms with E-state index < -0.39 is 0 Å². The molecule has 0 saturated heterocycles. The summed E-state index contributed by atoms with van der Waals surface area (Å²) in [5, 5.41) is 7.65. The fourth-order valence-corrected chi connectivity index (χ4v) is 8.78. The number of hydrogen-bond donors (Lipinski definition) is 0. The van der Waals surface area contributed by atoms with Crippen molar-refractivity contribution < 1.29 is 0 Å². The van der Waals surface area contributed by atoms with Gasteiger partial charge in [0.05, 0.1) is 16.7 Å². The van der Waals surface area contributed by atoms with Gasteiger partial charge in [-0.15, -0.1) is 11.3 Å². The van der Waals surface area contributed by atoms with E-state index in [1.165, 1.54) is 63.9 Å². The maximum atomic E-state index is 2.44. The van der Waals surface area contributed by atoms with Crippen LogP contribution < -0.4 is 4.90 Å². The SMILES string of the molecule is c1ccc(-c2ccc(N(c3ccc4c(ccc5c6ccccc6sc45)c3)c3cccc4c3c3ccccc3n4-c3ccccc3)cc2)cc1. The summed E-state index contributed by atoms with van der Waals surface area (Å²) in [4.78, 5) is 2.44. The molecule has 10 rings (SSSR count). The zero-order valence-corrected chi connectivity index (χ0v) is 27.4. The molecule has 10 aromatic rings. The van der Waals surface area contributed by atoms with Crippen LogP contribution in [-0.4, -0.2) is 4.57 Å². The van der Waals surface area contributed by atoms with Crippen LogP contribution in [0.4, 0.5) is 17.1 Å². The Morgan fingerprint density at radius 2 is 1.08 bits per heavy atom. The summed E-state index contributed by atoms with van der Waals surface area (Å²) in [6, 6.07) is 66.1. The second-order valence-corrected chi connectivity index (χ2v) is 13.6. The Bertz CT molecular complexity index is 2810. The number of hydrogen-bond acceptors (Lipinski definition) is 2. The third-order valence-electron chi connectivity index (χ3n) is 9.76. The predicted molar refractivity (Wildman–Crippen MR) is 211 cm³/mol. The van der Waals surface area contributed by atoms with Crippen LogP contribution in [0.2, 0.25) is 0 Å². The fraction of sp³-hybridized carbons (Fsp3) is 0. The topological polar surface area (TPSA) is 8.17 Å². The molecular formula is C46H30N2S. The second kappa shape index (κ2) is 11.2. The molecule has 0 unspecified atom stereocenters. The van der Waals surface area contributed by atoms with Crippen LogP contribution in [-0.2, 0) is 0 Å². The van der Waals surface area contributed by atoms with Crippen molar-refractivity contribution in [2.24, 2.45) is 0 Å². The number of benzene rings is 8. The summed E-state index contributed by atoms with van der Waals surface area (Å²) in [6.07, 6.45) is 0. The van der Waals surface area contributed by atoms with Crippen LogP contribution in [0, 0.1) is 0 Å². The number of aromatic nitrogens is 1. The van der Waals surface area contributed by atoms with Crippen molar-refractivity contribution in [3.05, 3.63) is 182 Å². The third-order valence-corrected chi connectivity index (χ3v) is 11.0. The predicted octanol–water partition coefficient (Wildman–Crippen LogP) is 13.4. The molecule has 8 aromatic carbocycles. The number of thiophene rings is 1. The van der Waals surface area contributed by atoms with E-state index in [1.54, 1.807) is 0 Å². The van der Waals surface area contributed by atoms with Gasteiger partial charge in [0.1, 0.15) is 0 Å². The minimum Gasteiger partial charge on any atom is -0.310 e. The van der Waals surface area contributed by atoms with Crippen molar-refractivity contribution in [1.82, 2.24) is 4.57 Å². The van der Waals surface area contributed by atoms with Gasteiger partial charge in [-0.2, -0.15) is 0 Å². The Kier molecular flexibility index (Phi) is 6.39. The van der Waals surface area contributed by atoms with Crippen LogP contribution in [0.5, 0.6) is 0 Å². The average Bonchev–Trinajstić information content (AvgIpc) is 3.72. The Morgan fingerprint density at radius 3 is 1.92 bits per heavy atom. The first-order valence-electron chi connectivity index (χ1n) is 16.7. The zero-order valence-electron chi connectivity index (χ0n) is 26.6. The molecule has 0 fully saturated rings. The summed E-state index contributed by atoms with van der Waals surface area (Å²) in [5.41, 5.74) is 9.35. The molecule has 0 N–H and O–H groups in total. The molecule has 0 saturated carbocycles. The van der Waals surface area contributed by atoms with Gasteiger partial charge in [0.25, 0.3) is 0 Å². The lowest BCUT2D eigenvalue weighted by molar-refractivity contribution is 1.18. The molecule has 2 nitrogen and oxygen atoms in total. The van der Waals surface area contributed by atoms with Crippen LogP contribution in [0.3, 0.4) is 0 Å². The molecule has 0 radical (unpaired) electrons. The molecule has 0 bridgehead atoms. The zero-order chi connectivity index (χ0) is 32.3. The first-order chi connectivity index (χ1) is 24.3. The third kappa shape index (κ3) is 4.47. The van der Waals surface area contributed by atoms with Gasteiger partial charge in [0.2, 0.25) is 0 Å². The number of anilines is 3. The van der Waals surface area contributed by atoms with E-state index in [4.69, 9.17) is 0 Å². The molecule has 3 heteroatoms. The lowest BCUT2D eigenvalue weighted by Gasteiger charge is -2.27. The van der Waals surface area contributed by atoms with Crippen molar-refractivity contribution in [1.29, 1.82) is 0 Å². The highest BCUT2D eigenvalue weighted by atomic mass is 32.1. The van der Waals surface area contributed by atoms with Crippen LogP contribution in [0.15, 0.2) is 182 Å². The van der Waals surface area contributed by atoms with Gasteiger partial charge in [0, 0.05) is 48.0 Å². The first-order valence-corrected chi connectivity index (χ1v) is 17.5. The molecule has 0 aliphatic carbocycles. The lowest BCUT2D eigenvalue weighted by Crippen LogP contribution is -2.10.